The van der Waals surface area contributed by atoms with Gasteiger partial charge in [-0.25, -0.2) is 0 Å². The van der Waals surface area contributed by atoms with E-state index in [4.69, 9.17) is 9.68 Å². The molecule has 2 heterocycles. The number of para-hydroxylation sites is 1. The molecule has 1 atom stereocenters. The molecule has 0 spiro atoms. The molecule has 25 heavy (non-hydrogen) atoms. The molecule has 1 saturated heterocycles. The van der Waals surface area contributed by atoms with Crippen molar-refractivity contribution in [2.75, 3.05) is 18.0 Å². The highest BCUT2D eigenvalue weighted by molar-refractivity contribution is 6.00. The zero-order chi connectivity index (χ0) is 17.6. The summed E-state index contributed by atoms with van der Waals surface area (Å²) in [5, 5.41) is 8.85. The van der Waals surface area contributed by atoms with E-state index in [1.807, 2.05) is 30.3 Å². The summed E-state index contributed by atoms with van der Waals surface area (Å²) in [7, 11) is 0. The predicted molar refractivity (Wildman–Crippen MR) is 91.3 cm³/mol. The molecular weight excluding hydrogens is 318 g/mol. The molecule has 0 aliphatic carbocycles. The highest BCUT2D eigenvalue weighted by Gasteiger charge is 2.37. The Kier molecular flexibility index (Phi) is 5.14. The predicted octanol–water partition coefficient (Wildman–Crippen LogP) is 2.57. The van der Waals surface area contributed by atoms with Gasteiger partial charge >= 0.3 is 0 Å². The van der Waals surface area contributed by atoms with Gasteiger partial charge in [0.25, 0.3) is 0 Å². The van der Waals surface area contributed by atoms with E-state index in [1.54, 1.807) is 28.2 Å². The average molecular weight is 337 g/mol. The summed E-state index contributed by atoms with van der Waals surface area (Å²) >= 11 is 0. The quantitative estimate of drug-likeness (QED) is 0.812. The first-order valence-corrected chi connectivity index (χ1v) is 8.22. The summed E-state index contributed by atoms with van der Waals surface area (Å²) in [5.74, 6) is 0.0955. The lowest BCUT2D eigenvalue weighted by molar-refractivity contribution is -0.136. The van der Waals surface area contributed by atoms with Crippen molar-refractivity contribution < 1.29 is 14.0 Å². The molecule has 128 valence electrons. The van der Waals surface area contributed by atoms with Gasteiger partial charge in [0, 0.05) is 25.2 Å². The third-order valence-corrected chi connectivity index (χ3v) is 4.27. The number of nitriles is 1. The molecule has 2 amide bonds. The van der Waals surface area contributed by atoms with Crippen LogP contribution < -0.4 is 4.90 Å². The van der Waals surface area contributed by atoms with Gasteiger partial charge in [0.2, 0.25) is 11.8 Å². The Morgan fingerprint density at radius 1 is 1.28 bits per heavy atom. The SMILES string of the molecule is N#CCCN(Cc1ccco1)C(=O)[C@H]1CC(=O)N(c2ccccc2)C1. The monoisotopic (exact) mass is 337 g/mol. The molecule has 0 N–H and O–H groups in total. The maximum absolute atomic E-state index is 12.9. The fourth-order valence-corrected chi connectivity index (χ4v) is 3.03. The Balaban J connectivity index is 1.71. The van der Waals surface area contributed by atoms with E-state index < -0.39 is 5.92 Å². The van der Waals surface area contributed by atoms with Gasteiger partial charge < -0.3 is 14.2 Å². The fraction of sp³-hybridized carbons (Fsp3) is 0.316. The zero-order valence-corrected chi connectivity index (χ0v) is 13.8. The molecule has 6 heteroatoms. The normalized spacial score (nSPS) is 16.7. The smallest absolute Gasteiger partial charge is 0.228 e. The molecule has 1 aromatic heterocycles. The Labute approximate surface area is 146 Å². The molecular formula is C19H19N3O3. The van der Waals surface area contributed by atoms with Gasteiger partial charge in [-0.15, -0.1) is 0 Å². The lowest BCUT2D eigenvalue weighted by Crippen LogP contribution is -2.37. The number of nitrogens with zero attached hydrogens (tertiary/aromatic N) is 3. The Bertz CT molecular complexity index is 765. The summed E-state index contributed by atoms with van der Waals surface area (Å²) in [6.45, 7) is 0.999. The molecule has 0 unspecified atom stereocenters. The van der Waals surface area contributed by atoms with E-state index in [1.165, 1.54) is 0 Å². The van der Waals surface area contributed by atoms with E-state index in [2.05, 4.69) is 6.07 Å². The highest BCUT2D eigenvalue weighted by atomic mass is 16.3. The summed E-state index contributed by atoms with van der Waals surface area (Å²) in [4.78, 5) is 28.5. The third kappa shape index (κ3) is 3.89. The van der Waals surface area contributed by atoms with Gasteiger partial charge in [0.05, 0.1) is 31.2 Å². The summed E-state index contributed by atoms with van der Waals surface area (Å²) in [5.41, 5.74) is 0.803. The van der Waals surface area contributed by atoms with Crippen molar-refractivity contribution in [1.29, 1.82) is 5.26 Å². The van der Waals surface area contributed by atoms with Gasteiger partial charge in [-0.2, -0.15) is 5.26 Å². The number of amides is 2. The molecule has 0 bridgehead atoms. The van der Waals surface area contributed by atoms with E-state index in [-0.39, 0.29) is 24.7 Å². The largest absolute Gasteiger partial charge is 0.467 e. The second kappa shape index (κ2) is 7.67. The van der Waals surface area contributed by atoms with E-state index in [0.717, 1.165) is 5.69 Å². The number of benzene rings is 1. The first kappa shape index (κ1) is 16.8. The zero-order valence-electron chi connectivity index (χ0n) is 13.8. The molecule has 6 nitrogen and oxygen atoms in total. The van der Waals surface area contributed by atoms with Crippen LogP contribution in [0.15, 0.2) is 53.1 Å². The van der Waals surface area contributed by atoms with Crippen LogP contribution in [0.4, 0.5) is 5.69 Å². The summed E-state index contributed by atoms with van der Waals surface area (Å²) in [6.07, 6.45) is 1.99. The van der Waals surface area contributed by atoms with Crippen molar-refractivity contribution in [3.63, 3.8) is 0 Å². The van der Waals surface area contributed by atoms with Crippen molar-refractivity contribution in [2.24, 2.45) is 5.92 Å². The average Bonchev–Trinajstić information content (AvgIpc) is 3.28. The molecule has 2 aromatic rings. The van der Waals surface area contributed by atoms with Gasteiger partial charge in [-0.1, -0.05) is 18.2 Å². The fourth-order valence-electron chi connectivity index (χ4n) is 3.03. The minimum Gasteiger partial charge on any atom is -0.467 e. The van der Waals surface area contributed by atoms with Gasteiger partial charge in [0.15, 0.2) is 0 Å². The molecule has 1 fully saturated rings. The highest BCUT2D eigenvalue weighted by Crippen LogP contribution is 2.26. The van der Waals surface area contributed by atoms with Crippen LogP contribution in [-0.4, -0.2) is 29.8 Å². The van der Waals surface area contributed by atoms with Crippen molar-refractivity contribution in [1.82, 2.24) is 4.90 Å². The van der Waals surface area contributed by atoms with Crippen LogP contribution in [0, 0.1) is 17.2 Å². The number of anilines is 1. The molecule has 3 rings (SSSR count). The van der Waals surface area contributed by atoms with Crippen LogP contribution in [0.2, 0.25) is 0 Å². The lowest BCUT2D eigenvalue weighted by atomic mass is 10.1. The van der Waals surface area contributed by atoms with Gasteiger partial charge in [-0.05, 0) is 24.3 Å². The molecule has 1 aromatic carbocycles. The Morgan fingerprint density at radius 2 is 2.08 bits per heavy atom. The Morgan fingerprint density at radius 3 is 2.76 bits per heavy atom. The van der Waals surface area contributed by atoms with Gasteiger partial charge in [-0.3, -0.25) is 9.59 Å². The van der Waals surface area contributed by atoms with Crippen LogP contribution in [0.3, 0.4) is 0 Å². The van der Waals surface area contributed by atoms with E-state index in [0.29, 0.717) is 25.4 Å². The van der Waals surface area contributed by atoms with Crippen LogP contribution in [0.1, 0.15) is 18.6 Å². The number of hydrogen-bond donors (Lipinski definition) is 0. The Hall–Kier alpha value is -3.07. The second-order valence-electron chi connectivity index (χ2n) is 5.99. The number of rotatable bonds is 6. The molecule has 1 aliphatic rings. The van der Waals surface area contributed by atoms with Crippen LogP contribution in [0.5, 0.6) is 0 Å². The van der Waals surface area contributed by atoms with Crippen LogP contribution in [0.25, 0.3) is 0 Å². The van der Waals surface area contributed by atoms with Crippen LogP contribution in [-0.2, 0) is 16.1 Å². The lowest BCUT2D eigenvalue weighted by Gasteiger charge is -2.24. The standard InChI is InChI=1S/C19H19N3O3/c20-9-5-10-21(14-17-8-4-11-25-17)19(24)15-12-18(23)22(13-15)16-6-2-1-3-7-16/h1-4,6-8,11,15H,5,10,12-14H2/t15-/m0/s1. The second-order valence-corrected chi connectivity index (χ2v) is 5.99. The van der Waals surface area contributed by atoms with Crippen molar-refractivity contribution in [3.05, 3.63) is 54.5 Å². The molecule has 0 saturated carbocycles. The minimum atomic E-state index is -0.402. The van der Waals surface area contributed by atoms with E-state index >= 15 is 0 Å². The first-order valence-electron chi connectivity index (χ1n) is 8.22. The maximum Gasteiger partial charge on any atom is 0.228 e. The summed E-state index contributed by atoms with van der Waals surface area (Å²) < 4.78 is 5.31. The maximum atomic E-state index is 12.9. The molecule has 0 radical (unpaired) electrons. The first-order chi connectivity index (χ1) is 12.2. The minimum absolute atomic E-state index is 0.0530. The van der Waals surface area contributed by atoms with Gasteiger partial charge in [0.1, 0.15) is 5.76 Å². The summed E-state index contributed by atoms with van der Waals surface area (Å²) in [6, 6.07) is 15.0. The molecule has 1 aliphatic heterocycles. The number of hydrogen-bond acceptors (Lipinski definition) is 4. The number of furan rings is 1. The number of carbonyl (C=O) groups is 2. The number of carbonyl (C=O) groups excluding carboxylic acids is 2. The van der Waals surface area contributed by atoms with Crippen molar-refractivity contribution >= 4 is 17.5 Å². The van der Waals surface area contributed by atoms with E-state index in [9.17, 15) is 9.59 Å². The third-order valence-electron chi connectivity index (χ3n) is 4.27. The topological polar surface area (TPSA) is 77.5 Å². The van der Waals surface area contributed by atoms with Crippen molar-refractivity contribution in [3.8, 4) is 6.07 Å². The van der Waals surface area contributed by atoms with Crippen molar-refractivity contribution in [2.45, 2.75) is 19.4 Å². The van der Waals surface area contributed by atoms with Crippen LogP contribution >= 0.6 is 0 Å².